The van der Waals surface area contributed by atoms with Crippen molar-refractivity contribution < 1.29 is 9.18 Å². The van der Waals surface area contributed by atoms with Gasteiger partial charge in [-0.05, 0) is 43.3 Å². The molecule has 0 spiro atoms. The van der Waals surface area contributed by atoms with Gasteiger partial charge < -0.3 is 0 Å². The number of carbonyl (C=O) groups is 1. The van der Waals surface area contributed by atoms with Crippen molar-refractivity contribution in [2.45, 2.75) is 6.92 Å². The molecule has 7 heteroatoms. The van der Waals surface area contributed by atoms with Crippen molar-refractivity contribution in [1.82, 2.24) is 15.6 Å². The second-order valence-electron chi connectivity index (χ2n) is 5.29. The monoisotopic (exact) mass is 356 g/mol. The Morgan fingerprint density at radius 1 is 1.20 bits per heavy atom. The van der Waals surface area contributed by atoms with Gasteiger partial charge in [0.25, 0.3) is 5.91 Å². The summed E-state index contributed by atoms with van der Waals surface area (Å²) in [6.45, 7) is 1.75. The quantitative estimate of drug-likeness (QED) is 0.547. The molecule has 0 radical (unpaired) electrons. The molecule has 0 fully saturated rings. The number of nitrogens with zero attached hydrogens (tertiary/aromatic N) is 2. The number of amides is 1. The molecule has 2 N–H and O–H groups in total. The second-order valence-corrected chi connectivity index (χ2v) is 5.70. The summed E-state index contributed by atoms with van der Waals surface area (Å²) in [5, 5.41) is 11.3. The van der Waals surface area contributed by atoms with Gasteiger partial charge in [-0.2, -0.15) is 10.2 Å². The molecular weight excluding hydrogens is 343 g/mol. The molecule has 0 bridgehead atoms. The maximum atomic E-state index is 13.0. The molecule has 5 nitrogen and oxygen atoms in total. The Kier molecular flexibility index (Phi) is 4.90. The summed E-state index contributed by atoms with van der Waals surface area (Å²) in [6, 6.07) is 14.6. The Morgan fingerprint density at radius 2 is 1.92 bits per heavy atom. The molecule has 3 rings (SSSR count). The zero-order valence-electron chi connectivity index (χ0n) is 13.3. The molecule has 0 atom stereocenters. The van der Waals surface area contributed by atoms with Crippen molar-refractivity contribution in [3.8, 4) is 11.3 Å². The van der Waals surface area contributed by atoms with Gasteiger partial charge in [-0.15, -0.1) is 0 Å². The number of hydrazone groups is 1. The van der Waals surface area contributed by atoms with E-state index in [-0.39, 0.29) is 11.5 Å². The van der Waals surface area contributed by atoms with Crippen LogP contribution >= 0.6 is 11.6 Å². The molecule has 1 aromatic heterocycles. The van der Waals surface area contributed by atoms with Crippen LogP contribution < -0.4 is 5.43 Å². The van der Waals surface area contributed by atoms with Crippen LogP contribution in [0.5, 0.6) is 0 Å². The summed E-state index contributed by atoms with van der Waals surface area (Å²) in [6.07, 6.45) is 0. The Labute approximate surface area is 148 Å². The van der Waals surface area contributed by atoms with E-state index < -0.39 is 5.91 Å². The summed E-state index contributed by atoms with van der Waals surface area (Å²) in [7, 11) is 0. The maximum absolute atomic E-state index is 13.0. The van der Waals surface area contributed by atoms with Gasteiger partial charge in [-0.1, -0.05) is 29.8 Å². The van der Waals surface area contributed by atoms with E-state index in [0.29, 0.717) is 22.0 Å². The van der Waals surface area contributed by atoms with Crippen LogP contribution in [0.3, 0.4) is 0 Å². The van der Waals surface area contributed by atoms with Crippen molar-refractivity contribution in [2.24, 2.45) is 5.10 Å². The van der Waals surface area contributed by atoms with Crippen LogP contribution in [0.4, 0.5) is 4.39 Å². The van der Waals surface area contributed by atoms with Gasteiger partial charge in [0.15, 0.2) is 0 Å². The van der Waals surface area contributed by atoms with Crippen LogP contribution in [0.25, 0.3) is 11.3 Å². The number of aromatic amines is 1. The number of benzene rings is 2. The number of aromatic nitrogens is 2. The van der Waals surface area contributed by atoms with E-state index in [1.165, 1.54) is 12.1 Å². The van der Waals surface area contributed by atoms with Gasteiger partial charge in [0.2, 0.25) is 0 Å². The van der Waals surface area contributed by atoms with Crippen LogP contribution in [0.2, 0.25) is 5.02 Å². The van der Waals surface area contributed by atoms with Gasteiger partial charge in [-0.25, -0.2) is 9.82 Å². The largest absolute Gasteiger partial charge is 0.289 e. The van der Waals surface area contributed by atoms with Gasteiger partial charge in [0.1, 0.15) is 11.5 Å². The molecule has 0 saturated heterocycles. The minimum Gasteiger partial charge on any atom is -0.272 e. The molecule has 0 aliphatic carbocycles. The molecule has 126 valence electrons. The standard InChI is InChI=1S/C18H14ClFN4O/c1-11(14-4-2-3-5-15(14)19)21-24-18(25)17-10-16(22-23-17)12-6-8-13(20)9-7-12/h2-10H,1H3,(H,22,23)(H,24,25). The predicted molar refractivity (Wildman–Crippen MR) is 95.1 cm³/mol. The third-order valence-electron chi connectivity index (χ3n) is 3.55. The molecular formula is C18H14ClFN4O. The number of halogens is 2. The summed E-state index contributed by atoms with van der Waals surface area (Å²) in [5.41, 5.74) is 5.26. The van der Waals surface area contributed by atoms with Crippen molar-refractivity contribution in [3.05, 3.63) is 76.7 Å². The van der Waals surface area contributed by atoms with E-state index in [9.17, 15) is 9.18 Å². The Bertz CT molecular complexity index is 934. The minimum atomic E-state index is -0.438. The second kappa shape index (κ2) is 7.27. The lowest BCUT2D eigenvalue weighted by atomic mass is 10.1. The molecule has 1 heterocycles. The zero-order chi connectivity index (χ0) is 17.8. The molecule has 3 aromatic rings. The molecule has 1 amide bonds. The smallest absolute Gasteiger partial charge is 0.272 e. The fourth-order valence-electron chi connectivity index (χ4n) is 2.22. The van der Waals surface area contributed by atoms with Gasteiger partial charge >= 0.3 is 0 Å². The van der Waals surface area contributed by atoms with Crippen LogP contribution in [-0.2, 0) is 0 Å². The average Bonchev–Trinajstić information content (AvgIpc) is 3.10. The van der Waals surface area contributed by atoms with Crippen molar-refractivity contribution in [3.63, 3.8) is 0 Å². The Balaban J connectivity index is 1.73. The highest BCUT2D eigenvalue weighted by Gasteiger charge is 2.11. The van der Waals surface area contributed by atoms with Crippen molar-refractivity contribution in [2.75, 3.05) is 0 Å². The first-order chi connectivity index (χ1) is 12.0. The lowest BCUT2D eigenvalue weighted by Crippen LogP contribution is -2.19. The summed E-state index contributed by atoms with van der Waals surface area (Å²) < 4.78 is 13.0. The highest BCUT2D eigenvalue weighted by Crippen LogP contribution is 2.18. The fraction of sp³-hybridized carbons (Fsp3) is 0.0556. The zero-order valence-corrected chi connectivity index (χ0v) is 14.0. The first-order valence-corrected chi connectivity index (χ1v) is 7.83. The molecule has 0 aliphatic rings. The normalized spacial score (nSPS) is 11.4. The highest BCUT2D eigenvalue weighted by atomic mass is 35.5. The maximum Gasteiger partial charge on any atom is 0.289 e. The molecule has 0 unspecified atom stereocenters. The average molecular weight is 357 g/mol. The lowest BCUT2D eigenvalue weighted by Gasteiger charge is -2.03. The lowest BCUT2D eigenvalue weighted by molar-refractivity contribution is 0.0950. The fourth-order valence-corrected chi connectivity index (χ4v) is 2.49. The van der Waals surface area contributed by atoms with E-state index in [4.69, 9.17) is 11.6 Å². The number of H-pyrrole nitrogens is 1. The number of hydrogen-bond acceptors (Lipinski definition) is 3. The topological polar surface area (TPSA) is 70.1 Å². The van der Waals surface area contributed by atoms with Crippen molar-refractivity contribution >= 4 is 23.2 Å². The van der Waals surface area contributed by atoms with E-state index in [1.807, 2.05) is 18.2 Å². The van der Waals surface area contributed by atoms with Gasteiger partial charge in [0.05, 0.1) is 11.4 Å². The Hall–Kier alpha value is -2.99. The number of carbonyl (C=O) groups excluding carboxylic acids is 1. The third kappa shape index (κ3) is 3.92. The van der Waals surface area contributed by atoms with Crippen molar-refractivity contribution in [1.29, 1.82) is 0 Å². The molecule has 0 aliphatic heterocycles. The SMILES string of the molecule is CC(=NNC(=O)c1cc(-c2ccc(F)cc2)n[nH]1)c1ccccc1Cl. The molecule has 25 heavy (non-hydrogen) atoms. The molecule has 2 aromatic carbocycles. The molecule has 0 saturated carbocycles. The predicted octanol–water partition coefficient (Wildman–Crippen LogP) is 4.02. The summed E-state index contributed by atoms with van der Waals surface area (Å²) in [5.74, 6) is -0.770. The van der Waals surface area contributed by atoms with Crippen LogP contribution in [-0.4, -0.2) is 21.8 Å². The minimum absolute atomic E-state index is 0.245. The van der Waals surface area contributed by atoms with Gasteiger partial charge in [-0.3, -0.25) is 9.89 Å². The van der Waals surface area contributed by atoms with E-state index in [1.54, 1.807) is 31.2 Å². The van der Waals surface area contributed by atoms with Crippen LogP contribution in [0.15, 0.2) is 59.7 Å². The summed E-state index contributed by atoms with van der Waals surface area (Å²) >= 11 is 6.10. The number of hydrogen-bond donors (Lipinski definition) is 2. The van der Waals surface area contributed by atoms with E-state index in [2.05, 4.69) is 20.7 Å². The number of rotatable bonds is 4. The first kappa shape index (κ1) is 16.9. The summed E-state index contributed by atoms with van der Waals surface area (Å²) in [4.78, 5) is 12.2. The van der Waals surface area contributed by atoms with Gasteiger partial charge in [0, 0.05) is 16.1 Å². The van der Waals surface area contributed by atoms with Crippen LogP contribution in [0.1, 0.15) is 23.0 Å². The highest BCUT2D eigenvalue weighted by molar-refractivity contribution is 6.34. The van der Waals surface area contributed by atoms with E-state index in [0.717, 1.165) is 5.56 Å². The first-order valence-electron chi connectivity index (χ1n) is 7.45. The third-order valence-corrected chi connectivity index (χ3v) is 3.88. The van der Waals surface area contributed by atoms with Crippen LogP contribution in [0, 0.1) is 5.82 Å². The van der Waals surface area contributed by atoms with E-state index >= 15 is 0 Å². The number of nitrogens with one attached hydrogen (secondary N) is 2. The Morgan fingerprint density at radius 3 is 2.64 bits per heavy atom.